The number of anilines is 3. The van der Waals surface area contributed by atoms with Crippen LogP contribution in [0.25, 0.3) is 0 Å². The number of pyridine rings is 1. The van der Waals surface area contributed by atoms with Gasteiger partial charge in [0, 0.05) is 36.3 Å². The van der Waals surface area contributed by atoms with Gasteiger partial charge < -0.3 is 16.0 Å². The van der Waals surface area contributed by atoms with Crippen molar-refractivity contribution in [2.24, 2.45) is 0 Å². The molecule has 0 atom stereocenters. The molecule has 7 heteroatoms. The molecule has 3 rings (SSSR count). The van der Waals surface area contributed by atoms with Crippen molar-refractivity contribution in [2.45, 2.75) is 13.8 Å². The summed E-state index contributed by atoms with van der Waals surface area (Å²) in [5.41, 5.74) is 3.21. The van der Waals surface area contributed by atoms with E-state index in [2.05, 4.69) is 20.9 Å². The SMILES string of the molecule is CC(=O)Nc1ccc(NC(=O)c2cccc(C)c2NC(=O)c2ccncc2)cc1. The van der Waals surface area contributed by atoms with Crippen molar-refractivity contribution in [3.05, 3.63) is 83.7 Å². The molecule has 0 bridgehead atoms. The molecule has 3 N–H and O–H groups in total. The van der Waals surface area contributed by atoms with E-state index in [0.29, 0.717) is 28.2 Å². The number of amides is 3. The third kappa shape index (κ3) is 5.04. The van der Waals surface area contributed by atoms with Gasteiger partial charge in [0.15, 0.2) is 0 Å². The van der Waals surface area contributed by atoms with Gasteiger partial charge in [-0.25, -0.2) is 0 Å². The summed E-state index contributed by atoms with van der Waals surface area (Å²) in [5.74, 6) is -0.849. The number of nitrogens with one attached hydrogen (secondary N) is 3. The van der Waals surface area contributed by atoms with Crippen molar-refractivity contribution < 1.29 is 14.4 Å². The van der Waals surface area contributed by atoms with Crippen LogP contribution in [0.3, 0.4) is 0 Å². The minimum Gasteiger partial charge on any atom is -0.326 e. The molecule has 0 aliphatic rings. The molecule has 7 nitrogen and oxygen atoms in total. The first-order valence-corrected chi connectivity index (χ1v) is 8.94. The van der Waals surface area contributed by atoms with Crippen LogP contribution in [0, 0.1) is 6.92 Å². The van der Waals surface area contributed by atoms with Crippen LogP contribution in [-0.2, 0) is 4.79 Å². The maximum Gasteiger partial charge on any atom is 0.257 e. The van der Waals surface area contributed by atoms with Crippen LogP contribution in [0.1, 0.15) is 33.2 Å². The van der Waals surface area contributed by atoms with Gasteiger partial charge in [-0.1, -0.05) is 12.1 Å². The highest BCUT2D eigenvalue weighted by atomic mass is 16.2. The van der Waals surface area contributed by atoms with E-state index in [1.165, 1.54) is 19.3 Å². The molecule has 146 valence electrons. The molecule has 3 amide bonds. The van der Waals surface area contributed by atoms with Gasteiger partial charge in [-0.05, 0) is 55.0 Å². The summed E-state index contributed by atoms with van der Waals surface area (Å²) in [6.07, 6.45) is 3.07. The van der Waals surface area contributed by atoms with Crippen LogP contribution >= 0.6 is 0 Å². The molecule has 2 aromatic carbocycles. The van der Waals surface area contributed by atoms with Crippen LogP contribution in [0.2, 0.25) is 0 Å². The van der Waals surface area contributed by atoms with Gasteiger partial charge in [0.25, 0.3) is 11.8 Å². The molecule has 29 heavy (non-hydrogen) atoms. The highest BCUT2D eigenvalue weighted by Crippen LogP contribution is 2.23. The molecule has 3 aromatic rings. The van der Waals surface area contributed by atoms with Crippen molar-refractivity contribution >= 4 is 34.8 Å². The molecule has 0 aliphatic carbocycles. The number of hydrogen-bond donors (Lipinski definition) is 3. The van der Waals surface area contributed by atoms with Gasteiger partial charge in [0.05, 0.1) is 11.3 Å². The zero-order valence-electron chi connectivity index (χ0n) is 16.0. The second-order valence-electron chi connectivity index (χ2n) is 6.40. The lowest BCUT2D eigenvalue weighted by Crippen LogP contribution is -2.19. The van der Waals surface area contributed by atoms with Gasteiger partial charge in [0.1, 0.15) is 0 Å². The van der Waals surface area contributed by atoms with E-state index in [1.54, 1.807) is 48.5 Å². The first kappa shape index (κ1) is 19.8. The van der Waals surface area contributed by atoms with E-state index in [1.807, 2.05) is 13.0 Å². The molecule has 0 aliphatic heterocycles. The minimum absolute atomic E-state index is 0.170. The minimum atomic E-state index is -0.356. The van der Waals surface area contributed by atoms with Crippen LogP contribution < -0.4 is 16.0 Å². The van der Waals surface area contributed by atoms with Gasteiger partial charge >= 0.3 is 0 Å². The number of carbonyl (C=O) groups is 3. The maximum atomic E-state index is 12.8. The summed E-state index contributed by atoms with van der Waals surface area (Å²) >= 11 is 0. The van der Waals surface area contributed by atoms with Crippen molar-refractivity contribution in [1.29, 1.82) is 0 Å². The first-order chi connectivity index (χ1) is 13.9. The van der Waals surface area contributed by atoms with Gasteiger partial charge in [-0.2, -0.15) is 0 Å². The Morgan fingerprint density at radius 3 is 2.00 bits per heavy atom. The van der Waals surface area contributed by atoms with E-state index >= 15 is 0 Å². The molecule has 1 aromatic heterocycles. The summed E-state index contributed by atoms with van der Waals surface area (Å²) in [7, 11) is 0. The molecule has 0 saturated heterocycles. The van der Waals surface area contributed by atoms with Crippen LogP contribution in [-0.4, -0.2) is 22.7 Å². The third-order valence-electron chi connectivity index (χ3n) is 4.16. The lowest BCUT2D eigenvalue weighted by Gasteiger charge is -2.14. The number of hydrogen-bond acceptors (Lipinski definition) is 4. The number of para-hydroxylation sites is 1. The third-order valence-corrected chi connectivity index (χ3v) is 4.16. The fraction of sp³-hybridized carbons (Fsp3) is 0.0909. The standard InChI is InChI=1S/C22H20N4O3/c1-14-4-3-5-19(20(14)26-21(28)16-10-12-23-13-11-16)22(29)25-18-8-6-17(7-9-18)24-15(2)27/h3-13H,1-2H3,(H,24,27)(H,25,29)(H,26,28). The molecule has 0 radical (unpaired) electrons. The number of rotatable bonds is 5. The number of benzene rings is 2. The normalized spacial score (nSPS) is 10.1. The molecule has 1 heterocycles. The summed E-state index contributed by atoms with van der Waals surface area (Å²) in [5, 5.41) is 8.29. The van der Waals surface area contributed by atoms with E-state index in [-0.39, 0.29) is 17.7 Å². The fourth-order valence-electron chi connectivity index (χ4n) is 2.75. The molecular weight excluding hydrogens is 368 g/mol. The number of aromatic nitrogens is 1. The predicted octanol–water partition coefficient (Wildman–Crippen LogP) is 3.85. The van der Waals surface area contributed by atoms with Gasteiger partial charge in [-0.3, -0.25) is 19.4 Å². The first-order valence-electron chi connectivity index (χ1n) is 8.94. The summed E-state index contributed by atoms with van der Waals surface area (Å²) in [4.78, 5) is 40.3. The fourth-order valence-corrected chi connectivity index (χ4v) is 2.75. The Hall–Kier alpha value is -4.00. The number of carbonyl (C=O) groups excluding carboxylic acids is 3. The maximum absolute atomic E-state index is 12.8. The molecule has 0 saturated carbocycles. The van der Waals surface area contributed by atoms with E-state index < -0.39 is 0 Å². The van der Waals surface area contributed by atoms with Crippen molar-refractivity contribution in [3.63, 3.8) is 0 Å². The smallest absolute Gasteiger partial charge is 0.257 e. The zero-order chi connectivity index (χ0) is 20.8. The highest BCUT2D eigenvalue weighted by Gasteiger charge is 2.16. The van der Waals surface area contributed by atoms with Crippen molar-refractivity contribution in [1.82, 2.24) is 4.98 Å². The Bertz CT molecular complexity index is 1050. The zero-order valence-corrected chi connectivity index (χ0v) is 16.0. The molecule has 0 spiro atoms. The largest absolute Gasteiger partial charge is 0.326 e. The molecular formula is C22H20N4O3. The van der Waals surface area contributed by atoms with Crippen LogP contribution in [0.4, 0.5) is 17.1 Å². The lowest BCUT2D eigenvalue weighted by atomic mass is 10.1. The van der Waals surface area contributed by atoms with Crippen molar-refractivity contribution in [3.8, 4) is 0 Å². The summed E-state index contributed by atoms with van der Waals surface area (Å²) in [6.45, 7) is 3.25. The predicted molar refractivity (Wildman–Crippen MR) is 112 cm³/mol. The van der Waals surface area contributed by atoms with E-state index in [0.717, 1.165) is 5.56 Å². The summed E-state index contributed by atoms with van der Waals surface area (Å²) in [6, 6.07) is 15.2. The van der Waals surface area contributed by atoms with Crippen LogP contribution in [0.15, 0.2) is 67.0 Å². The second-order valence-corrected chi connectivity index (χ2v) is 6.40. The molecule has 0 fully saturated rings. The molecule has 0 unspecified atom stereocenters. The van der Waals surface area contributed by atoms with Crippen molar-refractivity contribution in [2.75, 3.05) is 16.0 Å². The Morgan fingerprint density at radius 1 is 0.759 bits per heavy atom. The Morgan fingerprint density at radius 2 is 1.38 bits per heavy atom. The van der Waals surface area contributed by atoms with E-state index in [4.69, 9.17) is 0 Å². The second kappa shape index (κ2) is 8.79. The Labute approximate surface area is 168 Å². The van der Waals surface area contributed by atoms with Crippen LogP contribution in [0.5, 0.6) is 0 Å². The highest BCUT2D eigenvalue weighted by molar-refractivity contribution is 6.13. The number of nitrogens with zero attached hydrogens (tertiary/aromatic N) is 1. The quantitative estimate of drug-likeness (QED) is 0.618. The Balaban J connectivity index is 1.79. The topological polar surface area (TPSA) is 100 Å². The van der Waals surface area contributed by atoms with Gasteiger partial charge in [-0.15, -0.1) is 0 Å². The average molecular weight is 388 g/mol. The lowest BCUT2D eigenvalue weighted by molar-refractivity contribution is -0.114. The summed E-state index contributed by atoms with van der Waals surface area (Å²) < 4.78 is 0. The average Bonchev–Trinajstić information content (AvgIpc) is 2.71. The number of aryl methyl sites for hydroxylation is 1. The van der Waals surface area contributed by atoms with Gasteiger partial charge in [0.2, 0.25) is 5.91 Å². The Kier molecular flexibility index (Phi) is 5.99. The van der Waals surface area contributed by atoms with E-state index in [9.17, 15) is 14.4 Å². The monoisotopic (exact) mass is 388 g/mol.